The standard InChI is InChI=1S/C19H38N2/c1-4-7-8-9-10-11-12-13-16-21-18-17-20(15-6-3)19(21)14-5-2/h17-19H,4-16H2,1-3H3. The first-order valence-corrected chi connectivity index (χ1v) is 9.53. The van der Waals surface area contributed by atoms with E-state index in [1.54, 1.807) is 0 Å². The van der Waals surface area contributed by atoms with E-state index in [1.807, 2.05) is 0 Å². The molecule has 1 aliphatic rings. The maximum absolute atomic E-state index is 2.58. The molecule has 0 aromatic rings. The zero-order valence-corrected chi connectivity index (χ0v) is 14.8. The maximum atomic E-state index is 2.58. The summed E-state index contributed by atoms with van der Waals surface area (Å²) >= 11 is 0. The Labute approximate surface area is 133 Å². The van der Waals surface area contributed by atoms with E-state index in [-0.39, 0.29) is 0 Å². The summed E-state index contributed by atoms with van der Waals surface area (Å²) in [5.74, 6) is 0. The van der Waals surface area contributed by atoms with Gasteiger partial charge in [0.25, 0.3) is 0 Å². The molecule has 1 heterocycles. The van der Waals surface area contributed by atoms with Crippen molar-refractivity contribution in [2.75, 3.05) is 13.1 Å². The zero-order chi connectivity index (χ0) is 15.3. The smallest absolute Gasteiger partial charge is 0.101 e. The summed E-state index contributed by atoms with van der Waals surface area (Å²) in [6, 6.07) is 0. The van der Waals surface area contributed by atoms with Gasteiger partial charge in [0.1, 0.15) is 6.17 Å². The average molecular weight is 295 g/mol. The van der Waals surface area contributed by atoms with E-state index >= 15 is 0 Å². The highest BCUT2D eigenvalue weighted by Gasteiger charge is 2.23. The first-order valence-electron chi connectivity index (χ1n) is 9.53. The lowest BCUT2D eigenvalue weighted by molar-refractivity contribution is 0.140. The molecule has 0 radical (unpaired) electrons. The van der Waals surface area contributed by atoms with Crippen molar-refractivity contribution >= 4 is 0 Å². The lowest BCUT2D eigenvalue weighted by Gasteiger charge is -2.32. The van der Waals surface area contributed by atoms with Crippen LogP contribution in [0.1, 0.15) is 91.4 Å². The van der Waals surface area contributed by atoms with Crippen LogP contribution >= 0.6 is 0 Å². The van der Waals surface area contributed by atoms with Crippen LogP contribution in [0, 0.1) is 0 Å². The van der Waals surface area contributed by atoms with Gasteiger partial charge in [-0.2, -0.15) is 0 Å². The predicted molar refractivity (Wildman–Crippen MR) is 94.1 cm³/mol. The van der Waals surface area contributed by atoms with Crippen molar-refractivity contribution < 1.29 is 0 Å². The van der Waals surface area contributed by atoms with Crippen molar-refractivity contribution in [2.24, 2.45) is 0 Å². The summed E-state index contributed by atoms with van der Waals surface area (Å²) in [7, 11) is 0. The van der Waals surface area contributed by atoms with E-state index in [2.05, 4.69) is 43.0 Å². The molecule has 0 amide bonds. The topological polar surface area (TPSA) is 6.48 Å². The SMILES string of the molecule is CCCCCCCCCCN1C=CN(CCC)C1CCC. The van der Waals surface area contributed by atoms with E-state index in [0.717, 1.165) is 0 Å². The molecule has 0 aromatic carbocycles. The maximum Gasteiger partial charge on any atom is 0.101 e. The van der Waals surface area contributed by atoms with Crippen molar-refractivity contribution in [3.63, 3.8) is 0 Å². The first kappa shape index (κ1) is 18.4. The highest BCUT2D eigenvalue weighted by Crippen LogP contribution is 2.21. The Hall–Kier alpha value is -0.660. The summed E-state index contributed by atoms with van der Waals surface area (Å²) in [6.45, 7) is 9.32. The number of hydrogen-bond acceptors (Lipinski definition) is 2. The van der Waals surface area contributed by atoms with Gasteiger partial charge in [0.05, 0.1) is 0 Å². The normalized spacial score (nSPS) is 18.0. The minimum Gasteiger partial charge on any atom is -0.356 e. The van der Waals surface area contributed by atoms with Gasteiger partial charge >= 0.3 is 0 Å². The quantitative estimate of drug-likeness (QED) is 0.399. The van der Waals surface area contributed by atoms with Gasteiger partial charge in [-0.3, -0.25) is 0 Å². The minimum absolute atomic E-state index is 0.638. The molecule has 1 atom stereocenters. The van der Waals surface area contributed by atoms with Crippen molar-refractivity contribution in [3.05, 3.63) is 12.4 Å². The Morgan fingerprint density at radius 3 is 1.76 bits per heavy atom. The molecule has 1 rings (SSSR count). The zero-order valence-electron chi connectivity index (χ0n) is 14.8. The van der Waals surface area contributed by atoms with Gasteiger partial charge in [-0.25, -0.2) is 0 Å². The minimum atomic E-state index is 0.638. The van der Waals surface area contributed by atoms with Crippen LogP contribution in [0.15, 0.2) is 12.4 Å². The molecule has 0 aromatic heterocycles. The molecule has 1 aliphatic heterocycles. The lowest BCUT2D eigenvalue weighted by atomic mass is 10.1. The van der Waals surface area contributed by atoms with Crippen LogP contribution in [0.3, 0.4) is 0 Å². The van der Waals surface area contributed by atoms with Crippen LogP contribution in [0.5, 0.6) is 0 Å². The van der Waals surface area contributed by atoms with E-state index in [9.17, 15) is 0 Å². The van der Waals surface area contributed by atoms with Crippen LogP contribution in [0.4, 0.5) is 0 Å². The lowest BCUT2D eigenvalue weighted by Crippen LogP contribution is -2.39. The molecule has 0 spiro atoms. The second kappa shape index (κ2) is 11.9. The van der Waals surface area contributed by atoms with Crippen molar-refractivity contribution in [2.45, 2.75) is 97.6 Å². The fourth-order valence-electron chi connectivity index (χ4n) is 3.28. The van der Waals surface area contributed by atoms with Crippen LogP contribution < -0.4 is 0 Å². The summed E-state index contributed by atoms with van der Waals surface area (Å²) in [6.07, 6.45) is 20.4. The third-order valence-corrected chi connectivity index (χ3v) is 4.51. The van der Waals surface area contributed by atoms with Crippen LogP contribution in [-0.4, -0.2) is 29.1 Å². The van der Waals surface area contributed by atoms with E-state index in [1.165, 1.54) is 83.7 Å². The van der Waals surface area contributed by atoms with Gasteiger partial charge in [-0.1, -0.05) is 72.1 Å². The van der Waals surface area contributed by atoms with E-state index < -0.39 is 0 Å². The third kappa shape index (κ3) is 7.24. The summed E-state index contributed by atoms with van der Waals surface area (Å²) < 4.78 is 0. The van der Waals surface area contributed by atoms with Crippen molar-refractivity contribution in [1.29, 1.82) is 0 Å². The third-order valence-electron chi connectivity index (χ3n) is 4.51. The van der Waals surface area contributed by atoms with Gasteiger partial charge in [-0.15, -0.1) is 0 Å². The molecular weight excluding hydrogens is 256 g/mol. The Morgan fingerprint density at radius 2 is 1.19 bits per heavy atom. The van der Waals surface area contributed by atoms with Crippen LogP contribution in [0.2, 0.25) is 0 Å². The molecule has 0 bridgehead atoms. The van der Waals surface area contributed by atoms with Gasteiger partial charge < -0.3 is 9.80 Å². The van der Waals surface area contributed by atoms with Crippen LogP contribution in [-0.2, 0) is 0 Å². The molecule has 0 fully saturated rings. The fourth-order valence-corrected chi connectivity index (χ4v) is 3.28. The van der Waals surface area contributed by atoms with Gasteiger partial charge in [-0.05, 0) is 19.3 Å². The van der Waals surface area contributed by atoms with Gasteiger partial charge in [0.2, 0.25) is 0 Å². The number of nitrogens with zero attached hydrogens (tertiary/aromatic N) is 2. The molecule has 2 nitrogen and oxygen atoms in total. The second-order valence-corrected chi connectivity index (χ2v) is 6.52. The van der Waals surface area contributed by atoms with Crippen LogP contribution in [0.25, 0.3) is 0 Å². The Kier molecular flexibility index (Phi) is 10.5. The summed E-state index contributed by atoms with van der Waals surface area (Å²) in [4.78, 5) is 5.12. The van der Waals surface area contributed by atoms with E-state index in [4.69, 9.17) is 0 Å². The monoisotopic (exact) mass is 294 g/mol. The average Bonchev–Trinajstić information content (AvgIpc) is 2.85. The summed E-state index contributed by atoms with van der Waals surface area (Å²) in [5.41, 5.74) is 0. The van der Waals surface area contributed by atoms with Crippen molar-refractivity contribution in [1.82, 2.24) is 9.80 Å². The number of rotatable bonds is 13. The van der Waals surface area contributed by atoms with E-state index in [0.29, 0.717) is 6.17 Å². The number of hydrogen-bond donors (Lipinski definition) is 0. The molecule has 0 saturated heterocycles. The summed E-state index contributed by atoms with van der Waals surface area (Å²) in [5, 5.41) is 0. The molecular formula is C19H38N2. The second-order valence-electron chi connectivity index (χ2n) is 6.52. The molecule has 1 unspecified atom stereocenters. The molecule has 2 heteroatoms. The number of unbranched alkanes of at least 4 members (excludes halogenated alkanes) is 7. The highest BCUT2D eigenvalue weighted by molar-refractivity contribution is 4.96. The highest BCUT2D eigenvalue weighted by atomic mass is 15.4. The molecule has 0 aliphatic carbocycles. The first-order chi connectivity index (χ1) is 10.3. The molecule has 0 N–H and O–H groups in total. The molecule has 124 valence electrons. The fraction of sp³-hybridized carbons (Fsp3) is 0.895. The Bertz CT molecular complexity index is 262. The largest absolute Gasteiger partial charge is 0.356 e. The Morgan fingerprint density at radius 1 is 0.619 bits per heavy atom. The van der Waals surface area contributed by atoms with Gasteiger partial charge in [0, 0.05) is 25.5 Å². The Balaban J connectivity index is 2.11. The molecule has 0 saturated carbocycles. The van der Waals surface area contributed by atoms with Crippen molar-refractivity contribution in [3.8, 4) is 0 Å². The molecule has 21 heavy (non-hydrogen) atoms. The van der Waals surface area contributed by atoms with Gasteiger partial charge in [0.15, 0.2) is 0 Å². The predicted octanol–water partition coefficient (Wildman–Crippen LogP) is 5.75.